The number of hydrogen-bond donors (Lipinski definition) is 0. The highest BCUT2D eigenvalue weighted by molar-refractivity contribution is 5.98. The molecule has 1 aromatic heterocycles. The summed E-state index contributed by atoms with van der Waals surface area (Å²) < 4.78 is 13.2. The standard InChI is InChI=1S/C9H8FNO/c10-8-1-2-9(12)6-3-4-11-5-7(6)8/h3-5,8H,1-2H2. The molecule has 1 unspecified atom stereocenters. The first-order valence-electron chi connectivity index (χ1n) is 3.90. The maximum atomic E-state index is 13.2. The first-order chi connectivity index (χ1) is 5.79. The molecule has 2 nitrogen and oxygen atoms in total. The lowest BCUT2D eigenvalue weighted by Crippen LogP contribution is -2.13. The zero-order valence-corrected chi connectivity index (χ0v) is 6.46. The number of hydrogen-bond acceptors (Lipinski definition) is 2. The van der Waals surface area contributed by atoms with Gasteiger partial charge in [-0.15, -0.1) is 0 Å². The Balaban J connectivity index is 2.55. The summed E-state index contributed by atoms with van der Waals surface area (Å²) in [7, 11) is 0. The van der Waals surface area contributed by atoms with E-state index in [2.05, 4.69) is 4.98 Å². The number of halogens is 1. The molecule has 12 heavy (non-hydrogen) atoms. The summed E-state index contributed by atoms with van der Waals surface area (Å²) in [5.41, 5.74) is 0.956. The Labute approximate surface area is 69.4 Å². The summed E-state index contributed by atoms with van der Waals surface area (Å²) >= 11 is 0. The van der Waals surface area contributed by atoms with Crippen LogP contribution in [0.3, 0.4) is 0 Å². The lowest BCUT2D eigenvalue weighted by atomic mass is 9.91. The molecule has 0 aliphatic heterocycles. The normalized spacial score (nSPS) is 22.1. The number of alkyl halides is 1. The van der Waals surface area contributed by atoms with Gasteiger partial charge in [0.25, 0.3) is 0 Å². The molecule has 1 aliphatic rings. The predicted octanol–water partition coefficient (Wildman–Crippen LogP) is 2.07. The Kier molecular flexibility index (Phi) is 1.64. The molecule has 1 atom stereocenters. The van der Waals surface area contributed by atoms with Crippen molar-refractivity contribution in [1.29, 1.82) is 0 Å². The van der Waals surface area contributed by atoms with E-state index in [-0.39, 0.29) is 5.78 Å². The summed E-state index contributed by atoms with van der Waals surface area (Å²) in [6, 6.07) is 1.59. The zero-order valence-electron chi connectivity index (χ0n) is 6.46. The number of ketones is 1. The van der Waals surface area contributed by atoms with E-state index in [1.165, 1.54) is 12.4 Å². The van der Waals surface area contributed by atoms with Crippen molar-refractivity contribution in [2.45, 2.75) is 19.0 Å². The van der Waals surface area contributed by atoms with Crippen molar-refractivity contribution in [2.75, 3.05) is 0 Å². The van der Waals surface area contributed by atoms with Crippen LogP contribution in [0.15, 0.2) is 18.5 Å². The van der Waals surface area contributed by atoms with Crippen LogP contribution in [0.25, 0.3) is 0 Å². The molecular formula is C9H8FNO. The molecule has 0 bridgehead atoms. The van der Waals surface area contributed by atoms with Crippen molar-refractivity contribution in [3.8, 4) is 0 Å². The van der Waals surface area contributed by atoms with Crippen molar-refractivity contribution in [3.63, 3.8) is 0 Å². The predicted molar refractivity (Wildman–Crippen MR) is 41.7 cm³/mol. The lowest BCUT2D eigenvalue weighted by molar-refractivity contribution is 0.0949. The summed E-state index contributed by atoms with van der Waals surface area (Å²) in [6.07, 6.45) is 2.58. The van der Waals surface area contributed by atoms with Gasteiger partial charge in [0.05, 0.1) is 0 Å². The minimum atomic E-state index is -1.01. The molecule has 1 aliphatic carbocycles. The molecule has 0 N–H and O–H groups in total. The molecule has 0 fully saturated rings. The molecule has 0 amide bonds. The molecule has 0 saturated carbocycles. The van der Waals surface area contributed by atoms with Gasteiger partial charge in [-0.2, -0.15) is 0 Å². The van der Waals surface area contributed by atoms with Gasteiger partial charge >= 0.3 is 0 Å². The van der Waals surface area contributed by atoms with Crippen LogP contribution < -0.4 is 0 Å². The van der Waals surface area contributed by atoms with Crippen molar-refractivity contribution < 1.29 is 9.18 Å². The third-order valence-corrected chi connectivity index (χ3v) is 2.11. The summed E-state index contributed by atoms with van der Waals surface area (Å²) in [5.74, 6) is 0.0290. The Morgan fingerprint density at radius 1 is 1.58 bits per heavy atom. The molecule has 2 rings (SSSR count). The van der Waals surface area contributed by atoms with Crippen LogP contribution in [-0.4, -0.2) is 10.8 Å². The molecule has 0 spiro atoms. The lowest BCUT2D eigenvalue weighted by Gasteiger charge is -2.16. The van der Waals surface area contributed by atoms with Gasteiger partial charge in [0.15, 0.2) is 5.78 Å². The van der Waals surface area contributed by atoms with E-state index in [1.807, 2.05) is 0 Å². The fourth-order valence-electron chi connectivity index (χ4n) is 1.46. The average molecular weight is 165 g/mol. The second-order valence-corrected chi connectivity index (χ2v) is 2.89. The average Bonchev–Trinajstić information content (AvgIpc) is 2.12. The van der Waals surface area contributed by atoms with E-state index in [1.54, 1.807) is 6.07 Å². The largest absolute Gasteiger partial charge is 0.294 e. The first kappa shape index (κ1) is 7.40. The number of pyridine rings is 1. The van der Waals surface area contributed by atoms with Crippen LogP contribution in [0.1, 0.15) is 34.9 Å². The van der Waals surface area contributed by atoms with Crippen LogP contribution in [-0.2, 0) is 0 Å². The van der Waals surface area contributed by atoms with E-state index in [9.17, 15) is 9.18 Å². The topological polar surface area (TPSA) is 30.0 Å². The van der Waals surface area contributed by atoms with Crippen molar-refractivity contribution in [3.05, 3.63) is 29.6 Å². The smallest absolute Gasteiger partial charge is 0.163 e. The molecule has 1 heterocycles. The number of fused-ring (bicyclic) bond motifs is 1. The van der Waals surface area contributed by atoms with Crippen LogP contribution in [0.2, 0.25) is 0 Å². The number of rotatable bonds is 0. The Bertz CT molecular complexity index is 324. The van der Waals surface area contributed by atoms with E-state index in [4.69, 9.17) is 0 Å². The van der Waals surface area contributed by atoms with Gasteiger partial charge < -0.3 is 0 Å². The summed E-state index contributed by atoms with van der Waals surface area (Å²) in [6.45, 7) is 0. The van der Waals surface area contributed by atoms with E-state index < -0.39 is 6.17 Å². The van der Waals surface area contributed by atoms with Gasteiger partial charge in [-0.1, -0.05) is 0 Å². The zero-order chi connectivity index (χ0) is 8.55. The number of carbonyl (C=O) groups is 1. The second kappa shape index (κ2) is 2.66. The third-order valence-electron chi connectivity index (χ3n) is 2.11. The highest BCUT2D eigenvalue weighted by atomic mass is 19.1. The Morgan fingerprint density at radius 3 is 3.17 bits per heavy atom. The quantitative estimate of drug-likeness (QED) is 0.589. The minimum Gasteiger partial charge on any atom is -0.294 e. The van der Waals surface area contributed by atoms with Crippen LogP contribution >= 0.6 is 0 Å². The summed E-state index contributed by atoms with van der Waals surface area (Å²) in [5, 5.41) is 0. The second-order valence-electron chi connectivity index (χ2n) is 2.89. The Hall–Kier alpha value is -1.25. The fourth-order valence-corrected chi connectivity index (χ4v) is 1.46. The number of nitrogens with zero attached hydrogens (tertiary/aromatic N) is 1. The van der Waals surface area contributed by atoms with E-state index in [0.29, 0.717) is 24.0 Å². The van der Waals surface area contributed by atoms with Crippen molar-refractivity contribution in [2.24, 2.45) is 0 Å². The first-order valence-corrected chi connectivity index (χ1v) is 3.90. The molecule has 0 radical (unpaired) electrons. The van der Waals surface area contributed by atoms with Gasteiger partial charge in [0, 0.05) is 29.9 Å². The molecule has 3 heteroatoms. The molecule has 0 saturated heterocycles. The maximum absolute atomic E-state index is 13.2. The SMILES string of the molecule is O=C1CCC(F)c2cnccc21. The number of aromatic nitrogens is 1. The van der Waals surface area contributed by atoms with Gasteiger partial charge in [0.2, 0.25) is 0 Å². The minimum absolute atomic E-state index is 0.0290. The maximum Gasteiger partial charge on any atom is 0.163 e. The van der Waals surface area contributed by atoms with Gasteiger partial charge in [-0.25, -0.2) is 4.39 Å². The molecule has 1 aromatic rings. The van der Waals surface area contributed by atoms with Crippen LogP contribution in [0, 0.1) is 0 Å². The van der Waals surface area contributed by atoms with Crippen LogP contribution in [0.5, 0.6) is 0 Å². The molecular weight excluding hydrogens is 157 g/mol. The molecule has 62 valence electrons. The van der Waals surface area contributed by atoms with Gasteiger partial charge in [-0.3, -0.25) is 9.78 Å². The fraction of sp³-hybridized carbons (Fsp3) is 0.333. The molecule has 0 aromatic carbocycles. The van der Waals surface area contributed by atoms with E-state index in [0.717, 1.165) is 0 Å². The highest BCUT2D eigenvalue weighted by Gasteiger charge is 2.24. The Morgan fingerprint density at radius 2 is 2.42 bits per heavy atom. The summed E-state index contributed by atoms with van der Waals surface area (Å²) in [4.78, 5) is 15.0. The van der Waals surface area contributed by atoms with Crippen LogP contribution in [0.4, 0.5) is 4.39 Å². The van der Waals surface area contributed by atoms with Crippen molar-refractivity contribution in [1.82, 2.24) is 4.98 Å². The van der Waals surface area contributed by atoms with Gasteiger partial charge in [-0.05, 0) is 12.5 Å². The van der Waals surface area contributed by atoms with Crippen molar-refractivity contribution >= 4 is 5.78 Å². The highest BCUT2D eigenvalue weighted by Crippen LogP contribution is 2.31. The monoisotopic (exact) mass is 165 g/mol. The number of Topliss-reactive ketones (excluding diaryl/α,β-unsaturated/α-hetero) is 1. The third kappa shape index (κ3) is 1.02. The van der Waals surface area contributed by atoms with Gasteiger partial charge in [0.1, 0.15) is 6.17 Å². The number of carbonyl (C=O) groups excluding carboxylic acids is 1. The van der Waals surface area contributed by atoms with E-state index >= 15 is 0 Å².